The van der Waals surface area contributed by atoms with Gasteiger partial charge < -0.3 is 10.1 Å². The first-order chi connectivity index (χ1) is 11.2. The fourth-order valence-corrected chi connectivity index (χ4v) is 3.14. The SMILES string of the molecule is Cc1cc2c(cc1S(N)(=O)=O)Oc1cc([N+](=O)[O-])ccc1C(=O)N2. The van der Waals surface area contributed by atoms with Gasteiger partial charge in [-0.1, -0.05) is 0 Å². The number of carbonyl (C=O) groups excluding carboxylic acids is 1. The van der Waals surface area contributed by atoms with Crippen LogP contribution in [0.2, 0.25) is 0 Å². The van der Waals surface area contributed by atoms with Gasteiger partial charge in [0, 0.05) is 12.1 Å². The quantitative estimate of drug-likeness (QED) is 0.626. The number of primary sulfonamides is 1. The van der Waals surface area contributed by atoms with E-state index in [0.717, 1.165) is 6.07 Å². The molecule has 0 spiro atoms. The van der Waals surface area contributed by atoms with Crippen LogP contribution in [0.5, 0.6) is 11.5 Å². The average molecular weight is 349 g/mol. The van der Waals surface area contributed by atoms with E-state index in [9.17, 15) is 23.3 Å². The minimum absolute atomic E-state index is 0.0252. The van der Waals surface area contributed by atoms with Crippen LogP contribution in [-0.2, 0) is 10.0 Å². The molecule has 3 rings (SSSR count). The molecule has 0 saturated carbocycles. The fourth-order valence-electron chi connectivity index (χ4n) is 2.36. The van der Waals surface area contributed by atoms with Gasteiger partial charge in [-0.2, -0.15) is 0 Å². The number of ether oxygens (including phenoxy) is 1. The number of anilines is 1. The molecule has 0 aliphatic carbocycles. The molecule has 124 valence electrons. The number of sulfonamides is 1. The molecule has 1 amide bonds. The first-order valence-electron chi connectivity index (χ1n) is 6.62. The number of nitrogens with two attached hydrogens (primary N) is 1. The van der Waals surface area contributed by atoms with Crippen LogP contribution in [0.4, 0.5) is 11.4 Å². The lowest BCUT2D eigenvalue weighted by Gasteiger charge is -2.11. The van der Waals surface area contributed by atoms with Crippen molar-refractivity contribution in [2.75, 3.05) is 5.32 Å². The maximum Gasteiger partial charge on any atom is 0.273 e. The van der Waals surface area contributed by atoms with Crippen molar-refractivity contribution in [1.82, 2.24) is 0 Å². The topological polar surface area (TPSA) is 142 Å². The van der Waals surface area contributed by atoms with Crippen LogP contribution in [0, 0.1) is 17.0 Å². The van der Waals surface area contributed by atoms with Crippen molar-refractivity contribution in [2.45, 2.75) is 11.8 Å². The summed E-state index contributed by atoms with van der Waals surface area (Å²) in [5.74, 6) is -0.553. The number of non-ortho nitro benzene ring substituents is 1. The molecule has 3 N–H and O–H groups in total. The number of nitrogens with zero attached hydrogens (tertiary/aromatic N) is 1. The maximum atomic E-state index is 12.2. The average Bonchev–Trinajstić information content (AvgIpc) is 2.60. The van der Waals surface area contributed by atoms with E-state index in [1.165, 1.54) is 31.2 Å². The third-order valence-electron chi connectivity index (χ3n) is 3.47. The molecule has 1 heterocycles. The maximum absolute atomic E-state index is 12.2. The number of hydrogen-bond acceptors (Lipinski definition) is 6. The number of aryl methyl sites for hydroxylation is 1. The minimum Gasteiger partial charge on any atom is -0.454 e. The summed E-state index contributed by atoms with van der Waals surface area (Å²) in [4.78, 5) is 22.3. The van der Waals surface area contributed by atoms with Crippen LogP contribution >= 0.6 is 0 Å². The molecule has 0 saturated heterocycles. The van der Waals surface area contributed by atoms with Crippen LogP contribution in [0.1, 0.15) is 15.9 Å². The van der Waals surface area contributed by atoms with Gasteiger partial charge in [-0.25, -0.2) is 13.6 Å². The van der Waals surface area contributed by atoms with E-state index in [1.54, 1.807) is 0 Å². The second kappa shape index (κ2) is 5.28. The van der Waals surface area contributed by atoms with Crippen molar-refractivity contribution >= 4 is 27.3 Å². The van der Waals surface area contributed by atoms with E-state index in [2.05, 4.69) is 5.32 Å². The molecule has 0 bridgehead atoms. The predicted octanol–water partition coefficient (Wildman–Crippen LogP) is 1.91. The molecule has 10 heteroatoms. The zero-order valence-electron chi connectivity index (χ0n) is 12.3. The Morgan fingerprint density at radius 3 is 2.54 bits per heavy atom. The standard InChI is InChI=1S/C14H11N3O6S/c1-7-4-10-12(6-13(7)24(15,21)22)23-11-5-8(17(19)20)2-3-9(11)14(18)16-10/h2-6H,1H3,(H,16,18)(H2,15,21,22). The molecule has 2 aromatic rings. The summed E-state index contributed by atoms with van der Waals surface area (Å²) in [7, 11) is -3.99. The van der Waals surface area contributed by atoms with Gasteiger partial charge >= 0.3 is 0 Å². The van der Waals surface area contributed by atoms with Gasteiger partial charge in [0.2, 0.25) is 10.0 Å². The first-order valence-corrected chi connectivity index (χ1v) is 8.16. The Hall–Kier alpha value is -2.98. The highest BCUT2D eigenvalue weighted by atomic mass is 32.2. The number of benzene rings is 2. The lowest BCUT2D eigenvalue weighted by atomic mass is 10.1. The highest BCUT2D eigenvalue weighted by Gasteiger charge is 2.25. The molecular weight excluding hydrogens is 338 g/mol. The predicted molar refractivity (Wildman–Crippen MR) is 83.7 cm³/mol. The lowest BCUT2D eigenvalue weighted by molar-refractivity contribution is -0.384. The van der Waals surface area contributed by atoms with Crippen LogP contribution in [-0.4, -0.2) is 19.2 Å². The third-order valence-corrected chi connectivity index (χ3v) is 4.53. The summed E-state index contributed by atoms with van der Waals surface area (Å²) < 4.78 is 28.8. The summed E-state index contributed by atoms with van der Waals surface area (Å²) in [6.45, 7) is 1.52. The van der Waals surface area contributed by atoms with E-state index < -0.39 is 20.9 Å². The Morgan fingerprint density at radius 2 is 1.92 bits per heavy atom. The summed E-state index contributed by atoms with van der Waals surface area (Å²) >= 11 is 0. The Labute approximate surface area is 136 Å². The fraction of sp³-hybridized carbons (Fsp3) is 0.0714. The van der Waals surface area contributed by atoms with Crippen molar-refractivity contribution in [1.29, 1.82) is 0 Å². The van der Waals surface area contributed by atoms with Gasteiger partial charge in [0.1, 0.15) is 5.75 Å². The number of nitrogens with one attached hydrogen (secondary N) is 1. The van der Waals surface area contributed by atoms with Crippen LogP contribution in [0.15, 0.2) is 35.2 Å². The number of fused-ring (bicyclic) bond motifs is 2. The van der Waals surface area contributed by atoms with Crippen LogP contribution in [0.3, 0.4) is 0 Å². The Morgan fingerprint density at radius 1 is 1.21 bits per heavy atom. The van der Waals surface area contributed by atoms with Crippen molar-refractivity contribution in [2.24, 2.45) is 5.14 Å². The molecule has 9 nitrogen and oxygen atoms in total. The molecule has 1 aliphatic heterocycles. The summed E-state index contributed by atoms with van der Waals surface area (Å²) in [6.07, 6.45) is 0. The van der Waals surface area contributed by atoms with E-state index in [-0.39, 0.29) is 33.3 Å². The van der Waals surface area contributed by atoms with Crippen molar-refractivity contribution in [3.05, 3.63) is 51.6 Å². The molecule has 0 fully saturated rings. The number of hydrogen-bond donors (Lipinski definition) is 2. The van der Waals surface area contributed by atoms with E-state index >= 15 is 0 Å². The number of nitro groups is 1. The molecule has 0 atom stereocenters. The minimum atomic E-state index is -3.99. The van der Waals surface area contributed by atoms with Gasteiger partial charge in [-0.3, -0.25) is 14.9 Å². The first kappa shape index (κ1) is 15.9. The third kappa shape index (κ3) is 2.68. The normalized spacial score (nSPS) is 13.2. The largest absolute Gasteiger partial charge is 0.454 e. The van der Waals surface area contributed by atoms with Gasteiger partial charge in [0.25, 0.3) is 11.6 Å². The zero-order valence-corrected chi connectivity index (χ0v) is 13.1. The van der Waals surface area contributed by atoms with Crippen LogP contribution in [0.25, 0.3) is 0 Å². The number of rotatable bonds is 2. The Balaban J connectivity index is 2.20. The van der Waals surface area contributed by atoms with Crippen LogP contribution < -0.4 is 15.2 Å². The molecular formula is C14H11N3O6S. The monoisotopic (exact) mass is 349 g/mol. The van der Waals surface area contributed by atoms with Gasteiger partial charge in [0.15, 0.2) is 5.75 Å². The molecule has 2 aromatic carbocycles. The van der Waals surface area contributed by atoms with Gasteiger partial charge in [-0.05, 0) is 24.6 Å². The second-order valence-electron chi connectivity index (χ2n) is 5.15. The van der Waals surface area contributed by atoms with Crippen molar-refractivity contribution < 1.29 is 22.9 Å². The van der Waals surface area contributed by atoms with Crippen molar-refractivity contribution in [3.8, 4) is 11.5 Å². The van der Waals surface area contributed by atoms with E-state index in [1.807, 2.05) is 0 Å². The Kier molecular flexibility index (Phi) is 3.50. The molecule has 0 aromatic heterocycles. The number of nitro benzene ring substituents is 1. The second-order valence-corrected chi connectivity index (χ2v) is 6.68. The Bertz CT molecular complexity index is 1000. The van der Waals surface area contributed by atoms with E-state index in [0.29, 0.717) is 5.56 Å². The molecule has 0 radical (unpaired) electrons. The molecule has 24 heavy (non-hydrogen) atoms. The molecule has 0 unspecified atom stereocenters. The molecule has 1 aliphatic rings. The number of amides is 1. The van der Waals surface area contributed by atoms with Gasteiger partial charge in [0.05, 0.1) is 27.1 Å². The van der Waals surface area contributed by atoms with Crippen molar-refractivity contribution in [3.63, 3.8) is 0 Å². The summed E-state index contributed by atoms with van der Waals surface area (Å²) in [5.41, 5.74) is 0.399. The lowest BCUT2D eigenvalue weighted by Crippen LogP contribution is -2.14. The zero-order chi connectivity index (χ0) is 17.6. The summed E-state index contributed by atoms with van der Waals surface area (Å²) in [5, 5.41) is 18.6. The number of carbonyl (C=O) groups is 1. The highest BCUT2D eigenvalue weighted by molar-refractivity contribution is 7.89. The highest BCUT2D eigenvalue weighted by Crippen LogP contribution is 2.39. The smallest absolute Gasteiger partial charge is 0.273 e. The van der Waals surface area contributed by atoms with Gasteiger partial charge in [-0.15, -0.1) is 0 Å². The summed E-state index contributed by atoms with van der Waals surface area (Å²) in [6, 6.07) is 6.13. The van der Waals surface area contributed by atoms with E-state index in [4.69, 9.17) is 9.88 Å².